The molecule has 1 aromatic carbocycles. The predicted octanol–water partition coefficient (Wildman–Crippen LogP) is 4.30. The highest BCUT2D eigenvalue weighted by molar-refractivity contribution is 7.10. The molecule has 1 atom stereocenters. The van der Waals surface area contributed by atoms with Crippen molar-refractivity contribution in [3.8, 4) is 0 Å². The van der Waals surface area contributed by atoms with E-state index in [0.29, 0.717) is 5.92 Å². The highest BCUT2D eigenvalue weighted by Crippen LogP contribution is 2.36. The first-order valence-electron chi connectivity index (χ1n) is 5.65. The average Bonchev–Trinajstić information content (AvgIpc) is 2.77. The van der Waals surface area contributed by atoms with Crippen molar-refractivity contribution in [2.24, 2.45) is 0 Å². The van der Waals surface area contributed by atoms with Gasteiger partial charge in [0.05, 0.1) is 0 Å². The molecule has 1 aliphatic carbocycles. The average molecular weight is 226 g/mol. The molecule has 0 saturated carbocycles. The normalized spacial score (nSPS) is 18.4. The summed E-state index contributed by atoms with van der Waals surface area (Å²) in [6.45, 7) is 2.20. The number of rotatable bonds is 1. The van der Waals surface area contributed by atoms with Crippen LogP contribution in [0.15, 0.2) is 47.9 Å². The van der Waals surface area contributed by atoms with Gasteiger partial charge < -0.3 is 0 Å². The van der Waals surface area contributed by atoms with Gasteiger partial charge in [0.2, 0.25) is 0 Å². The molecule has 0 amide bonds. The van der Waals surface area contributed by atoms with Crippen LogP contribution in [-0.2, 0) is 6.42 Å². The number of thiophene rings is 1. The summed E-state index contributed by atoms with van der Waals surface area (Å²) in [7, 11) is 0. The zero-order valence-corrected chi connectivity index (χ0v) is 10.1. The predicted molar refractivity (Wildman–Crippen MR) is 70.2 cm³/mol. The van der Waals surface area contributed by atoms with Crippen molar-refractivity contribution < 1.29 is 0 Å². The first-order valence-corrected chi connectivity index (χ1v) is 6.52. The van der Waals surface area contributed by atoms with E-state index in [1.165, 1.54) is 21.6 Å². The van der Waals surface area contributed by atoms with Crippen LogP contribution in [0, 0.1) is 6.92 Å². The third kappa shape index (κ3) is 1.52. The minimum atomic E-state index is 0.469. The van der Waals surface area contributed by atoms with Crippen molar-refractivity contribution in [2.45, 2.75) is 19.3 Å². The van der Waals surface area contributed by atoms with Gasteiger partial charge in [-0.05, 0) is 35.1 Å². The Morgan fingerprint density at radius 3 is 2.88 bits per heavy atom. The lowest BCUT2D eigenvalue weighted by Gasteiger charge is -2.19. The van der Waals surface area contributed by atoms with Crippen LogP contribution in [0.1, 0.15) is 27.5 Å². The van der Waals surface area contributed by atoms with Crippen LogP contribution in [0.5, 0.6) is 0 Å². The summed E-state index contributed by atoms with van der Waals surface area (Å²) in [5.41, 5.74) is 4.33. The smallest absolute Gasteiger partial charge is 0.0283 e. The Hall–Kier alpha value is -1.34. The molecule has 16 heavy (non-hydrogen) atoms. The van der Waals surface area contributed by atoms with Gasteiger partial charge >= 0.3 is 0 Å². The Bertz CT molecular complexity index is 534. The van der Waals surface area contributed by atoms with Gasteiger partial charge in [0.1, 0.15) is 0 Å². The van der Waals surface area contributed by atoms with Gasteiger partial charge in [0.15, 0.2) is 0 Å². The molecule has 0 fully saturated rings. The first kappa shape index (κ1) is 9.86. The minimum Gasteiger partial charge on any atom is -0.148 e. The molecule has 2 aromatic rings. The molecule has 0 saturated heterocycles. The molecule has 0 radical (unpaired) electrons. The van der Waals surface area contributed by atoms with E-state index in [4.69, 9.17) is 0 Å². The summed E-state index contributed by atoms with van der Waals surface area (Å²) < 4.78 is 0. The molecule has 0 bridgehead atoms. The molecule has 0 aliphatic heterocycles. The fraction of sp³-hybridized carbons (Fsp3) is 0.200. The van der Waals surface area contributed by atoms with Gasteiger partial charge in [-0.1, -0.05) is 36.4 Å². The molecule has 1 heteroatoms. The van der Waals surface area contributed by atoms with Crippen molar-refractivity contribution >= 4 is 11.3 Å². The van der Waals surface area contributed by atoms with Crippen molar-refractivity contribution in [3.63, 3.8) is 0 Å². The highest BCUT2D eigenvalue weighted by Gasteiger charge is 2.19. The number of aryl methyl sites for hydroxylation is 1. The SMILES string of the molecule is Cc1ccccc1C1C=CCc2sccc21. The van der Waals surface area contributed by atoms with Crippen molar-refractivity contribution in [3.05, 3.63) is 69.4 Å². The summed E-state index contributed by atoms with van der Waals surface area (Å²) in [6.07, 6.45) is 5.75. The maximum absolute atomic E-state index is 2.34. The zero-order valence-electron chi connectivity index (χ0n) is 9.31. The lowest BCUT2D eigenvalue weighted by Crippen LogP contribution is -2.04. The fourth-order valence-electron chi connectivity index (χ4n) is 2.42. The summed E-state index contributed by atoms with van der Waals surface area (Å²) in [4.78, 5) is 1.52. The Balaban J connectivity index is 2.12. The Labute approximate surface area is 100 Å². The summed E-state index contributed by atoms with van der Waals surface area (Å²) >= 11 is 1.88. The van der Waals surface area contributed by atoms with Crippen LogP contribution in [0.2, 0.25) is 0 Å². The second-order valence-corrected chi connectivity index (χ2v) is 5.27. The van der Waals surface area contributed by atoms with E-state index in [1.807, 2.05) is 11.3 Å². The van der Waals surface area contributed by atoms with Gasteiger partial charge in [0, 0.05) is 17.2 Å². The van der Waals surface area contributed by atoms with Gasteiger partial charge in [-0.25, -0.2) is 0 Å². The van der Waals surface area contributed by atoms with Crippen LogP contribution >= 0.6 is 11.3 Å². The molecule has 1 aliphatic rings. The molecular formula is C15H14S. The summed E-state index contributed by atoms with van der Waals surface area (Å²) in [5, 5.41) is 2.21. The number of hydrogen-bond acceptors (Lipinski definition) is 1. The van der Waals surface area contributed by atoms with Crippen molar-refractivity contribution in [2.75, 3.05) is 0 Å². The first-order chi connectivity index (χ1) is 7.86. The molecule has 80 valence electrons. The van der Waals surface area contributed by atoms with E-state index in [0.717, 1.165) is 6.42 Å². The zero-order chi connectivity index (χ0) is 11.0. The van der Waals surface area contributed by atoms with Gasteiger partial charge in [-0.3, -0.25) is 0 Å². The number of hydrogen-bond donors (Lipinski definition) is 0. The van der Waals surface area contributed by atoms with Crippen LogP contribution in [-0.4, -0.2) is 0 Å². The van der Waals surface area contributed by atoms with Crippen molar-refractivity contribution in [1.82, 2.24) is 0 Å². The standard InChI is InChI=1S/C15H14S/c1-11-5-2-3-6-12(11)13-7-4-8-15-14(13)9-10-16-15/h2-7,9-10,13H,8H2,1H3. The molecule has 0 N–H and O–H groups in total. The fourth-order valence-corrected chi connectivity index (χ4v) is 3.32. The second-order valence-electron chi connectivity index (χ2n) is 4.27. The van der Waals surface area contributed by atoms with E-state index in [1.54, 1.807) is 0 Å². The molecule has 1 heterocycles. The summed E-state index contributed by atoms with van der Waals surface area (Å²) in [5.74, 6) is 0.469. The van der Waals surface area contributed by atoms with E-state index in [-0.39, 0.29) is 0 Å². The quantitative estimate of drug-likeness (QED) is 0.636. The van der Waals surface area contributed by atoms with E-state index >= 15 is 0 Å². The molecular weight excluding hydrogens is 212 g/mol. The largest absolute Gasteiger partial charge is 0.148 e. The second kappa shape index (κ2) is 3.91. The highest BCUT2D eigenvalue weighted by atomic mass is 32.1. The van der Waals surface area contributed by atoms with Crippen LogP contribution in [0.4, 0.5) is 0 Å². The lowest BCUT2D eigenvalue weighted by atomic mass is 9.85. The summed E-state index contributed by atoms with van der Waals surface area (Å²) in [6, 6.07) is 11.0. The third-order valence-corrected chi connectivity index (χ3v) is 4.23. The molecule has 0 spiro atoms. The van der Waals surface area contributed by atoms with Crippen molar-refractivity contribution in [1.29, 1.82) is 0 Å². The number of fused-ring (bicyclic) bond motifs is 1. The van der Waals surface area contributed by atoms with Gasteiger partial charge in [-0.2, -0.15) is 0 Å². The topological polar surface area (TPSA) is 0 Å². The Morgan fingerprint density at radius 1 is 1.12 bits per heavy atom. The van der Waals surface area contributed by atoms with Crippen LogP contribution in [0.25, 0.3) is 0 Å². The maximum atomic E-state index is 2.34. The van der Waals surface area contributed by atoms with E-state index in [2.05, 4.69) is 54.8 Å². The lowest BCUT2D eigenvalue weighted by molar-refractivity contribution is 0.961. The Kier molecular flexibility index (Phi) is 2.41. The number of benzene rings is 1. The van der Waals surface area contributed by atoms with Gasteiger partial charge in [-0.15, -0.1) is 11.3 Å². The van der Waals surface area contributed by atoms with Crippen LogP contribution < -0.4 is 0 Å². The molecule has 1 unspecified atom stereocenters. The molecule has 1 aromatic heterocycles. The van der Waals surface area contributed by atoms with Crippen LogP contribution in [0.3, 0.4) is 0 Å². The Morgan fingerprint density at radius 2 is 2.00 bits per heavy atom. The minimum absolute atomic E-state index is 0.469. The van der Waals surface area contributed by atoms with Gasteiger partial charge in [0.25, 0.3) is 0 Å². The number of allylic oxidation sites excluding steroid dienone is 2. The molecule has 3 rings (SSSR count). The molecule has 0 nitrogen and oxygen atoms in total. The third-order valence-electron chi connectivity index (χ3n) is 3.27. The monoisotopic (exact) mass is 226 g/mol. The van der Waals surface area contributed by atoms with E-state index in [9.17, 15) is 0 Å². The van der Waals surface area contributed by atoms with E-state index < -0.39 is 0 Å². The maximum Gasteiger partial charge on any atom is 0.0283 e.